The van der Waals surface area contributed by atoms with Crippen LogP contribution in [-0.2, 0) is 3.02 Å². The van der Waals surface area contributed by atoms with Gasteiger partial charge in [-0.25, -0.2) is 0 Å². The maximum absolute atomic E-state index is 8.97. The van der Waals surface area contributed by atoms with E-state index in [0.717, 1.165) is 29.2 Å². The topological polar surface area (TPSA) is 81.0 Å². The Labute approximate surface area is 170 Å². The molecule has 0 aliphatic carbocycles. The van der Waals surface area contributed by atoms with Gasteiger partial charge in [-0.15, -0.1) is 12.6 Å². The van der Waals surface area contributed by atoms with Gasteiger partial charge in [-0.1, -0.05) is 78.4 Å². The monoisotopic (exact) mass is 505 g/mol. The van der Waals surface area contributed by atoms with Gasteiger partial charge < -0.3 is 4.90 Å². The van der Waals surface area contributed by atoms with Crippen molar-refractivity contribution in [3.05, 3.63) is 0 Å². The minimum atomic E-state index is -5.35. The van der Waals surface area contributed by atoms with Crippen molar-refractivity contribution in [2.24, 2.45) is 11.8 Å². The minimum absolute atomic E-state index is 0.767. The SMILES string of the molecule is CCCCC(CC)CN(CC(CC)CCCC)C(=S)S.[O]=[Sb]([OH])([OH])[OH]. The number of thiocarbonyl (C=S) groups is 1. The Morgan fingerprint density at radius 3 is 1.48 bits per heavy atom. The van der Waals surface area contributed by atoms with Gasteiger partial charge in [0.15, 0.2) is 0 Å². The van der Waals surface area contributed by atoms with Crippen molar-refractivity contribution >= 4 is 49.2 Å². The Hall–Kier alpha value is 0.738. The van der Waals surface area contributed by atoms with E-state index in [1.165, 1.54) is 51.4 Å². The fourth-order valence-electron chi connectivity index (χ4n) is 2.69. The molecule has 0 saturated carbocycles. The molecule has 0 bridgehead atoms. The standard InChI is InChI=1S/C17H35NS2.3H2O.O.Sb/c1-5-9-11-15(7-3)13-18(17(19)20)14-16(8-4)12-10-6-2;;;;;/h15-16H,5-14H2,1-4H3,(H,19,20);3*1H2;;/q;;;;;+3/p-3. The first kappa shape index (κ1) is 28.0. The molecule has 0 heterocycles. The zero-order valence-electron chi connectivity index (χ0n) is 16.2. The third-order valence-electron chi connectivity index (χ3n) is 4.31. The summed E-state index contributed by atoms with van der Waals surface area (Å²) < 4.78 is 31.6. The summed E-state index contributed by atoms with van der Waals surface area (Å²) in [5.74, 6) is 1.53. The summed E-state index contributed by atoms with van der Waals surface area (Å²) in [5, 5.41) is 0. The van der Waals surface area contributed by atoms with Crippen LogP contribution in [-0.4, -0.2) is 52.5 Å². The number of unbranched alkanes of at least 4 members (excludes halogenated alkanes) is 2. The number of rotatable bonds is 12. The van der Waals surface area contributed by atoms with E-state index in [4.69, 9.17) is 25.4 Å². The van der Waals surface area contributed by atoms with Gasteiger partial charge in [-0.3, -0.25) is 0 Å². The van der Waals surface area contributed by atoms with Gasteiger partial charge >= 0.3 is 33.2 Å². The third-order valence-corrected chi connectivity index (χ3v) is 4.86. The van der Waals surface area contributed by atoms with Crippen molar-refractivity contribution in [3.8, 4) is 0 Å². The first-order valence-electron chi connectivity index (χ1n) is 9.34. The quantitative estimate of drug-likeness (QED) is 0.183. The molecule has 0 aromatic rings. The van der Waals surface area contributed by atoms with Crippen LogP contribution in [0.1, 0.15) is 79.1 Å². The van der Waals surface area contributed by atoms with Crippen molar-refractivity contribution in [1.82, 2.24) is 4.90 Å². The maximum atomic E-state index is 8.97. The van der Waals surface area contributed by atoms with E-state index in [1.807, 2.05) is 0 Å². The zero-order valence-corrected chi connectivity index (χ0v) is 20.5. The Bertz CT molecular complexity index is 353. The summed E-state index contributed by atoms with van der Waals surface area (Å²) in [7, 11) is 0. The van der Waals surface area contributed by atoms with Gasteiger partial charge in [0.2, 0.25) is 0 Å². The second-order valence-corrected chi connectivity index (χ2v) is 10.6. The first-order chi connectivity index (χ1) is 11.6. The average molecular weight is 506 g/mol. The molecule has 0 amide bonds. The molecule has 0 saturated heterocycles. The number of hydrogen-bond donors (Lipinski definition) is 4. The van der Waals surface area contributed by atoms with Crippen LogP contribution in [0.4, 0.5) is 0 Å². The van der Waals surface area contributed by atoms with Gasteiger partial charge in [0, 0.05) is 13.1 Å². The van der Waals surface area contributed by atoms with Gasteiger partial charge in [-0.2, -0.15) is 0 Å². The van der Waals surface area contributed by atoms with Gasteiger partial charge in [0.1, 0.15) is 4.32 Å². The summed E-state index contributed by atoms with van der Waals surface area (Å²) >= 11 is 4.47. The van der Waals surface area contributed by atoms with E-state index in [-0.39, 0.29) is 0 Å². The molecule has 0 fully saturated rings. The van der Waals surface area contributed by atoms with Crippen LogP contribution in [0.25, 0.3) is 0 Å². The Morgan fingerprint density at radius 1 is 0.960 bits per heavy atom. The van der Waals surface area contributed by atoms with Crippen molar-refractivity contribution in [2.75, 3.05) is 13.1 Å². The first-order valence-corrected chi connectivity index (χ1v) is 14.7. The van der Waals surface area contributed by atoms with Crippen molar-refractivity contribution in [3.63, 3.8) is 0 Å². The second kappa shape index (κ2) is 16.9. The van der Waals surface area contributed by atoms with Gasteiger partial charge in [0.25, 0.3) is 0 Å². The molecule has 0 aromatic heterocycles. The molecule has 3 N–H and O–H groups in total. The summed E-state index contributed by atoms with van der Waals surface area (Å²) in [5.41, 5.74) is 0. The molecule has 152 valence electrons. The van der Waals surface area contributed by atoms with Gasteiger partial charge in [-0.05, 0) is 24.7 Å². The van der Waals surface area contributed by atoms with E-state index in [0.29, 0.717) is 0 Å². The summed E-state index contributed by atoms with van der Waals surface area (Å²) in [4.78, 5) is 2.35. The summed E-state index contributed by atoms with van der Waals surface area (Å²) in [6.45, 7) is 11.3. The normalized spacial score (nSPS) is 13.6. The van der Waals surface area contributed by atoms with E-state index >= 15 is 0 Å². The van der Waals surface area contributed by atoms with Crippen molar-refractivity contribution < 1.29 is 13.2 Å². The number of nitrogens with zero attached hydrogens (tertiary/aromatic N) is 1. The molecule has 2 unspecified atom stereocenters. The summed E-state index contributed by atoms with van der Waals surface area (Å²) in [6.07, 6.45) is 10.4. The van der Waals surface area contributed by atoms with Crippen LogP contribution in [0.3, 0.4) is 0 Å². The number of hydrogen-bond acceptors (Lipinski definition) is 2. The molecule has 0 radical (unpaired) electrons. The molecule has 0 aliphatic heterocycles. The van der Waals surface area contributed by atoms with E-state index in [2.05, 4.69) is 45.2 Å². The Morgan fingerprint density at radius 2 is 1.28 bits per heavy atom. The second-order valence-electron chi connectivity index (χ2n) is 6.53. The fraction of sp³-hybridized carbons (Fsp3) is 0.941. The average Bonchev–Trinajstić information content (AvgIpc) is 2.51. The van der Waals surface area contributed by atoms with Crippen molar-refractivity contribution in [1.29, 1.82) is 0 Å². The molecule has 5 nitrogen and oxygen atoms in total. The molecule has 0 aliphatic rings. The van der Waals surface area contributed by atoms with E-state index < -0.39 is 20.1 Å². The van der Waals surface area contributed by atoms with E-state index in [9.17, 15) is 0 Å². The molecule has 8 heteroatoms. The molecular formula is C17H38NO4S2Sb. The van der Waals surface area contributed by atoms with Crippen LogP contribution in [0.15, 0.2) is 0 Å². The molecule has 0 spiro atoms. The molecule has 25 heavy (non-hydrogen) atoms. The van der Waals surface area contributed by atoms with Crippen LogP contribution in [0.5, 0.6) is 0 Å². The van der Waals surface area contributed by atoms with Crippen LogP contribution >= 0.6 is 24.8 Å². The third kappa shape index (κ3) is 20.9. The Kier molecular flexibility index (Phi) is 18.9. The van der Waals surface area contributed by atoms with E-state index in [1.54, 1.807) is 0 Å². The van der Waals surface area contributed by atoms with Crippen LogP contribution < -0.4 is 0 Å². The predicted molar refractivity (Wildman–Crippen MR) is 113 cm³/mol. The zero-order chi connectivity index (χ0) is 19.9. The van der Waals surface area contributed by atoms with Crippen LogP contribution in [0, 0.1) is 11.8 Å². The molecular weight excluding hydrogens is 468 g/mol. The molecule has 2 atom stereocenters. The predicted octanol–water partition coefficient (Wildman–Crippen LogP) is 3.77. The fourth-order valence-corrected chi connectivity index (χ4v) is 3.00. The van der Waals surface area contributed by atoms with Crippen LogP contribution in [0.2, 0.25) is 0 Å². The number of thiol groups is 1. The molecule has 0 aromatic carbocycles. The van der Waals surface area contributed by atoms with Crippen molar-refractivity contribution in [2.45, 2.75) is 79.1 Å². The molecule has 0 rings (SSSR count). The summed E-state index contributed by atoms with van der Waals surface area (Å²) in [6, 6.07) is 0. The Balaban J connectivity index is 0. The van der Waals surface area contributed by atoms with Gasteiger partial charge in [0.05, 0.1) is 0 Å².